The Kier molecular flexibility index (Phi) is 4.97. The number of anilines is 1. The lowest BCUT2D eigenvalue weighted by molar-refractivity contribution is -0.113. The largest absolute Gasteiger partial charge is 0.278 e. The van der Waals surface area contributed by atoms with Crippen molar-refractivity contribution in [1.82, 2.24) is 15.2 Å². The lowest BCUT2D eigenvalue weighted by Crippen LogP contribution is -2.27. The molecule has 0 spiro atoms. The Labute approximate surface area is 185 Å². The molecule has 0 radical (unpaired) electrons. The van der Waals surface area contributed by atoms with Gasteiger partial charge in [-0.1, -0.05) is 36.4 Å². The number of nitrogens with one attached hydrogen (secondary N) is 2. The summed E-state index contributed by atoms with van der Waals surface area (Å²) in [6.45, 7) is 0. The van der Waals surface area contributed by atoms with Gasteiger partial charge in [0.2, 0.25) is 0 Å². The fraction of sp³-hybridized carbons (Fsp3) is 0. The number of carbonyl (C=O) groups excluding carboxylic acids is 1. The average molecular weight is 448 g/mol. The highest BCUT2D eigenvalue weighted by molar-refractivity contribution is 8.19. The second-order valence-electron chi connectivity index (χ2n) is 6.66. The van der Waals surface area contributed by atoms with E-state index in [1.165, 1.54) is 28.4 Å². The van der Waals surface area contributed by atoms with Crippen molar-refractivity contribution in [2.75, 3.05) is 4.90 Å². The number of nitrogens with zero attached hydrogens (tertiary/aromatic N) is 3. The molecule has 1 amide bonds. The summed E-state index contributed by atoms with van der Waals surface area (Å²) < 4.78 is 13.5. The number of amides is 1. The Morgan fingerprint density at radius 2 is 1.90 bits per heavy atom. The van der Waals surface area contributed by atoms with Gasteiger partial charge in [-0.2, -0.15) is 5.10 Å². The van der Waals surface area contributed by atoms with Crippen LogP contribution in [-0.2, 0) is 4.79 Å². The summed E-state index contributed by atoms with van der Waals surface area (Å²) in [4.78, 5) is 18.7. The molecule has 0 aliphatic carbocycles. The van der Waals surface area contributed by atoms with Gasteiger partial charge in [0, 0.05) is 22.7 Å². The Morgan fingerprint density at radius 1 is 1.10 bits per heavy atom. The average Bonchev–Trinajstić information content (AvgIpc) is 3.50. The molecular weight excluding hydrogens is 433 g/mol. The number of hydrogen-bond donors (Lipinski definition) is 2. The molecular formula is C22H14FN5OS2. The monoisotopic (exact) mass is 447 g/mol. The van der Waals surface area contributed by atoms with Crippen LogP contribution in [-0.4, -0.2) is 26.3 Å². The molecule has 31 heavy (non-hydrogen) atoms. The molecule has 1 aliphatic rings. The molecule has 1 saturated heterocycles. The van der Waals surface area contributed by atoms with E-state index < -0.39 is 0 Å². The van der Waals surface area contributed by atoms with Gasteiger partial charge < -0.3 is 0 Å². The summed E-state index contributed by atoms with van der Waals surface area (Å²) in [6.07, 6.45) is 4.98. The molecule has 9 heteroatoms. The van der Waals surface area contributed by atoms with Crippen molar-refractivity contribution in [3.8, 4) is 22.4 Å². The standard InChI is InChI=1S/C22H14FN5OS2/c23-17-3-1-2-15(10-17)13-4-6-14(7-5-13)19-16(12-26-27-19)11-18-20(29)28(21(24)31-18)22-25-8-9-30-22/h1-12,24H,(H,26,27)/b18-11-,24-21?. The summed E-state index contributed by atoms with van der Waals surface area (Å²) in [5.41, 5.74) is 4.07. The normalized spacial score (nSPS) is 15.3. The fourth-order valence-corrected chi connectivity index (χ4v) is 4.80. The van der Waals surface area contributed by atoms with Crippen molar-refractivity contribution in [2.24, 2.45) is 0 Å². The SMILES string of the molecule is N=C1S/C(=C\c2cn[nH]c2-c2ccc(-c3cccc(F)c3)cc2)C(=O)N1c1nccs1. The first-order chi connectivity index (χ1) is 15.1. The molecule has 3 heterocycles. The van der Waals surface area contributed by atoms with E-state index in [1.807, 2.05) is 30.3 Å². The Balaban J connectivity index is 1.44. The Bertz CT molecular complexity index is 1310. The van der Waals surface area contributed by atoms with Crippen LogP contribution in [0.2, 0.25) is 0 Å². The number of aromatic amines is 1. The third kappa shape index (κ3) is 3.69. The van der Waals surface area contributed by atoms with E-state index in [9.17, 15) is 9.18 Å². The topological polar surface area (TPSA) is 85.7 Å². The summed E-state index contributed by atoms with van der Waals surface area (Å²) in [5.74, 6) is -0.557. The number of benzene rings is 2. The van der Waals surface area contributed by atoms with Crippen molar-refractivity contribution in [2.45, 2.75) is 0 Å². The molecule has 2 aromatic carbocycles. The van der Waals surface area contributed by atoms with Crippen molar-refractivity contribution >= 4 is 45.4 Å². The molecule has 0 unspecified atom stereocenters. The zero-order valence-electron chi connectivity index (χ0n) is 15.9. The second kappa shape index (κ2) is 7.93. The fourth-order valence-electron chi connectivity index (χ4n) is 3.26. The van der Waals surface area contributed by atoms with Gasteiger partial charge in [-0.05, 0) is 41.1 Å². The van der Waals surface area contributed by atoms with E-state index in [-0.39, 0.29) is 16.9 Å². The van der Waals surface area contributed by atoms with Gasteiger partial charge in [-0.15, -0.1) is 11.3 Å². The molecule has 0 saturated carbocycles. The maximum atomic E-state index is 13.5. The van der Waals surface area contributed by atoms with E-state index in [0.717, 1.165) is 39.7 Å². The quantitative estimate of drug-likeness (QED) is 0.411. The molecule has 0 bridgehead atoms. The van der Waals surface area contributed by atoms with E-state index in [1.54, 1.807) is 29.9 Å². The van der Waals surface area contributed by atoms with Crippen LogP contribution in [0.25, 0.3) is 28.5 Å². The third-order valence-corrected chi connectivity index (χ3v) is 6.37. The van der Waals surface area contributed by atoms with E-state index in [2.05, 4.69) is 15.2 Å². The molecule has 2 aromatic heterocycles. The minimum absolute atomic E-state index is 0.121. The summed E-state index contributed by atoms with van der Waals surface area (Å²) in [5, 5.41) is 17.6. The highest BCUT2D eigenvalue weighted by atomic mass is 32.2. The van der Waals surface area contributed by atoms with Crippen LogP contribution < -0.4 is 4.90 Å². The first-order valence-corrected chi connectivity index (χ1v) is 10.9. The number of halogens is 1. The number of H-pyrrole nitrogens is 1. The first kappa shape index (κ1) is 19.4. The molecule has 6 nitrogen and oxygen atoms in total. The number of amidine groups is 1. The number of aromatic nitrogens is 3. The number of rotatable bonds is 4. The molecule has 0 atom stereocenters. The van der Waals surface area contributed by atoms with Crippen LogP contribution in [0.1, 0.15) is 5.56 Å². The van der Waals surface area contributed by atoms with Crippen LogP contribution in [0.5, 0.6) is 0 Å². The highest BCUT2D eigenvalue weighted by Gasteiger charge is 2.35. The number of thioether (sulfide) groups is 1. The predicted octanol–water partition coefficient (Wildman–Crippen LogP) is 5.39. The van der Waals surface area contributed by atoms with Crippen molar-refractivity contribution < 1.29 is 9.18 Å². The Hall–Kier alpha value is -3.56. The molecule has 1 aliphatic heterocycles. The van der Waals surface area contributed by atoms with E-state index in [0.29, 0.717) is 10.0 Å². The number of hydrogen-bond acceptors (Lipinski definition) is 6. The van der Waals surface area contributed by atoms with Crippen molar-refractivity contribution in [3.63, 3.8) is 0 Å². The summed E-state index contributed by atoms with van der Waals surface area (Å²) in [7, 11) is 0. The van der Waals surface area contributed by atoms with Crippen LogP contribution in [0.3, 0.4) is 0 Å². The summed E-state index contributed by atoms with van der Waals surface area (Å²) in [6, 6.07) is 14.1. The zero-order chi connectivity index (χ0) is 21.4. The number of thiazole rings is 1. The van der Waals surface area contributed by atoms with Crippen LogP contribution >= 0.6 is 23.1 Å². The maximum Gasteiger partial charge on any atom is 0.273 e. The third-order valence-electron chi connectivity index (χ3n) is 4.72. The number of carbonyl (C=O) groups is 1. The van der Waals surface area contributed by atoms with Crippen LogP contribution in [0.15, 0.2) is 71.2 Å². The van der Waals surface area contributed by atoms with Gasteiger partial charge in [-0.25, -0.2) is 14.3 Å². The Morgan fingerprint density at radius 3 is 2.65 bits per heavy atom. The molecule has 4 aromatic rings. The van der Waals surface area contributed by atoms with Gasteiger partial charge in [0.15, 0.2) is 10.3 Å². The lowest BCUT2D eigenvalue weighted by Gasteiger charge is -2.09. The van der Waals surface area contributed by atoms with E-state index >= 15 is 0 Å². The maximum absolute atomic E-state index is 13.5. The second-order valence-corrected chi connectivity index (χ2v) is 8.56. The zero-order valence-corrected chi connectivity index (χ0v) is 17.5. The lowest BCUT2D eigenvalue weighted by atomic mass is 10.0. The minimum Gasteiger partial charge on any atom is -0.278 e. The van der Waals surface area contributed by atoms with Gasteiger partial charge in [0.05, 0.1) is 16.8 Å². The van der Waals surface area contributed by atoms with Gasteiger partial charge in [0.25, 0.3) is 5.91 Å². The molecule has 2 N–H and O–H groups in total. The van der Waals surface area contributed by atoms with Gasteiger partial charge in [0.1, 0.15) is 5.82 Å². The van der Waals surface area contributed by atoms with Crippen LogP contribution in [0.4, 0.5) is 9.52 Å². The highest BCUT2D eigenvalue weighted by Crippen LogP contribution is 2.37. The molecule has 152 valence electrons. The van der Waals surface area contributed by atoms with Gasteiger partial charge in [-0.3, -0.25) is 15.3 Å². The van der Waals surface area contributed by atoms with Crippen molar-refractivity contribution in [1.29, 1.82) is 5.41 Å². The van der Waals surface area contributed by atoms with E-state index in [4.69, 9.17) is 5.41 Å². The molecule has 5 rings (SSSR count). The minimum atomic E-state index is -0.279. The summed E-state index contributed by atoms with van der Waals surface area (Å²) >= 11 is 2.40. The molecule has 1 fully saturated rings. The first-order valence-electron chi connectivity index (χ1n) is 9.22. The van der Waals surface area contributed by atoms with Crippen LogP contribution in [0, 0.1) is 11.2 Å². The predicted molar refractivity (Wildman–Crippen MR) is 122 cm³/mol. The smallest absolute Gasteiger partial charge is 0.273 e. The van der Waals surface area contributed by atoms with Gasteiger partial charge >= 0.3 is 0 Å². The van der Waals surface area contributed by atoms with Crippen molar-refractivity contribution in [3.05, 3.63) is 82.6 Å².